The average Bonchev–Trinajstić information content (AvgIpc) is 2.41. The third-order valence-electron chi connectivity index (χ3n) is 4.39. The number of rotatable bonds is 8. The summed E-state index contributed by atoms with van der Waals surface area (Å²) in [6, 6.07) is 0.168. The highest BCUT2D eigenvalue weighted by Crippen LogP contribution is 2.43. The van der Waals surface area contributed by atoms with E-state index in [0.29, 0.717) is 26.0 Å². The van der Waals surface area contributed by atoms with Crippen molar-refractivity contribution in [2.75, 3.05) is 20.3 Å². The summed E-state index contributed by atoms with van der Waals surface area (Å²) in [5, 5.41) is 12.1. The van der Waals surface area contributed by atoms with Gasteiger partial charge in [-0.2, -0.15) is 0 Å². The molecule has 0 spiro atoms. The number of nitrogens with zero attached hydrogens (tertiary/aromatic N) is 2. The maximum atomic E-state index is 12.9. The molecule has 1 saturated carbocycles. The van der Waals surface area contributed by atoms with E-state index in [1.165, 1.54) is 0 Å². The molecule has 0 aliphatic heterocycles. The van der Waals surface area contributed by atoms with Crippen LogP contribution in [0.25, 0.3) is 0 Å². The maximum Gasteiger partial charge on any atom is 0.236 e. The molecular weight excluding hydrogens is 258 g/mol. The second kappa shape index (κ2) is 7.47. The predicted octanol–water partition coefficient (Wildman–Crippen LogP) is 1.57. The van der Waals surface area contributed by atoms with E-state index in [0.717, 1.165) is 19.3 Å². The van der Waals surface area contributed by atoms with E-state index >= 15 is 0 Å². The molecule has 1 fully saturated rings. The zero-order valence-corrected chi connectivity index (χ0v) is 12.8. The molecule has 0 unspecified atom stereocenters. The lowest BCUT2D eigenvalue weighted by atomic mass is 9.66. The molecule has 0 heterocycles. The first kappa shape index (κ1) is 16.8. The molecule has 0 aromatic carbocycles. The molecule has 3 N–H and O–H groups in total. The van der Waals surface area contributed by atoms with E-state index < -0.39 is 5.41 Å². The van der Waals surface area contributed by atoms with Crippen molar-refractivity contribution in [1.29, 1.82) is 0 Å². The lowest BCUT2D eigenvalue weighted by Crippen LogP contribution is -2.57. The number of oxime groups is 1. The predicted molar refractivity (Wildman–Crippen MR) is 77.7 cm³/mol. The maximum absolute atomic E-state index is 12.9. The number of hydrogen-bond acceptors (Lipinski definition) is 4. The lowest BCUT2D eigenvalue weighted by Gasteiger charge is -2.44. The van der Waals surface area contributed by atoms with Crippen LogP contribution in [0.2, 0.25) is 0 Å². The molecule has 1 aliphatic carbocycles. The van der Waals surface area contributed by atoms with Crippen LogP contribution in [-0.4, -0.2) is 48.2 Å². The Labute approximate surface area is 120 Å². The summed E-state index contributed by atoms with van der Waals surface area (Å²) >= 11 is 0. The van der Waals surface area contributed by atoms with Gasteiger partial charge in [-0.3, -0.25) is 4.79 Å². The first-order valence-electron chi connectivity index (χ1n) is 7.35. The topological polar surface area (TPSA) is 88.2 Å². The zero-order chi connectivity index (χ0) is 15.2. The van der Waals surface area contributed by atoms with Gasteiger partial charge in [0.05, 0.1) is 6.61 Å². The van der Waals surface area contributed by atoms with Gasteiger partial charge in [0.15, 0.2) is 5.84 Å². The molecule has 1 aliphatic rings. The Morgan fingerprint density at radius 3 is 2.40 bits per heavy atom. The third kappa shape index (κ3) is 3.06. The van der Waals surface area contributed by atoms with Crippen molar-refractivity contribution in [3.63, 3.8) is 0 Å². The molecule has 6 heteroatoms. The van der Waals surface area contributed by atoms with Crippen molar-refractivity contribution in [1.82, 2.24) is 4.90 Å². The van der Waals surface area contributed by atoms with Crippen molar-refractivity contribution in [3.05, 3.63) is 0 Å². The van der Waals surface area contributed by atoms with Crippen LogP contribution in [0.4, 0.5) is 0 Å². The summed E-state index contributed by atoms with van der Waals surface area (Å²) in [6.45, 7) is 5.17. The molecule has 6 nitrogen and oxygen atoms in total. The van der Waals surface area contributed by atoms with Gasteiger partial charge in [0.1, 0.15) is 5.41 Å². The standard InChI is InChI=1S/C14H27N3O3/c1-4-11(5-2)17(9-10-20-3)13(18)14(7-6-8-14)12(15)16-19/h11,19H,4-10H2,1-3H3,(H2,15,16). The fraction of sp³-hybridized carbons (Fsp3) is 0.857. The van der Waals surface area contributed by atoms with Crippen LogP contribution in [0.1, 0.15) is 46.0 Å². The summed E-state index contributed by atoms with van der Waals surface area (Å²) in [6.07, 6.45) is 4.02. The van der Waals surface area contributed by atoms with Crippen LogP contribution in [0, 0.1) is 5.41 Å². The Morgan fingerprint density at radius 1 is 1.45 bits per heavy atom. The smallest absolute Gasteiger partial charge is 0.236 e. The molecule has 1 amide bonds. The molecule has 116 valence electrons. The summed E-state index contributed by atoms with van der Waals surface area (Å²) in [5.74, 6) is 0.0203. The Kier molecular flexibility index (Phi) is 6.26. The third-order valence-corrected chi connectivity index (χ3v) is 4.39. The van der Waals surface area contributed by atoms with Gasteiger partial charge in [0.25, 0.3) is 0 Å². The molecule has 0 aromatic heterocycles. The van der Waals surface area contributed by atoms with Crippen LogP contribution in [-0.2, 0) is 9.53 Å². The first-order chi connectivity index (χ1) is 9.57. The van der Waals surface area contributed by atoms with E-state index in [1.54, 1.807) is 7.11 Å². The number of amidine groups is 1. The van der Waals surface area contributed by atoms with E-state index in [4.69, 9.17) is 15.7 Å². The largest absolute Gasteiger partial charge is 0.409 e. The van der Waals surface area contributed by atoms with Crippen molar-refractivity contribution < 1.29 is 14.7 Å². The van der Waals surface area contributed by atoms with Gasteiger partial charge in [0, 0.05) is 19.7 Å². The number of methoxy groups -OCH3 is 1. The van der Waals surface area contributed by atoms with Gasteiger partial charge in [-0.1, -0.05) is 25.4 Å². The summed E-state index contributed by atoms with van der Waals surface area (Å²) in [5.41, 5.74) is 4.98. The fourth-order valence-electron chi connectivity index (χ4n) is 2.85. The average molecular weight is 285 g/mol. The molecular formula is C14H27N3O3. The van der Waals surface area contributed by atoms with Crippen LogP contribution >= 0.6 is 0 Å². The quantitative estimate of drug-likeness (QED) is 0.307. The fourth-order valence-corrected chi connectivity index (χ4v) is 2.85. The van der Waals surface area contributed by atoms with Crippen molar-refractivity contribution in [3.8, 4) is 0 Å². The molecule has 0 atom stereocenters. The molecule has 0 bridgehead atoms. The highest BCUT2D eigenvalue weighted by molar-refractivity contribution is 6.07. The minimum absolute atomic E-state index is 0.0233. The van der Waals surface area contributed by atoms with Gasteiger partial charge in [-0.15, -0.1) is 0 Å². The van der Waals surface area contributed by atoms with Crippen LogP contribution in [0.5, 0.6) is 0 Å². The number of hydrogen-bond donors (Lipinski definition) is 2. The monoisotopic (exact) mass is 285 g/mol. The van der Waals surface area contributed by atoms with Crippen molar-refractivity contribution in [2.45, 2.75) is 52.0 Å². The molecule has 0 saturated heterocycles. The van der Waals surface area contributed by atoms with Crippen molar-refractivity contribution in [2.24, 2.45) is 16.3 Å². The molecule has 0 aromatic rings. The highest BCUT2D eigenvalue weighted by atomic mass is 16.5. The summed E-state index contributed by atoms with van der Waals surface area (Å²) in [7, 11) is 1.62. The van der Waals surface area contributed by atoms with E-state index in [2.05, 4.69) is 19.0 Å². The molecule has 0 radical (unpaired) electrons. The second-order valence-electron chi connectivity index (χ2n) is 5.38. The Bertz CT molecular complexity index is 350. The second-order valence-corrected chi connectivity index (χ2v) is 5.38. The number of nitrogens with two attached hydrogens (primary N) is 1. The summed E-state index contributed by atoms with van der Waals surface area (Å²) < 4.78 is 5.11. The van der Waals surface area contributed by atoms with Crippen LogP contribution in [0.15, 0.2) is 5.16 Å². The lowest BCUT2D eigenvalue weighted by molar-refractivity contribution is -0.145. The minimum atomic E-state index is -0.801. The van der Waals surface area contributed by atoms with Gasteiger partial charge >= 0.3 is 0 Å². The SMILES string of the molecule is CCC(CC)N(CCOC)C(=O)C1(C(N)=NO)CCC1. The van der Waals surface area contributed by atoms with Gasteiger partial charge in [-0.05, 0) is 25.7 Å². The number of amides is 1. The van der Waals surface area contributed by atoms with E-state index in [-0.39, 0.29) is 17.8 Å². The normalized spacial score (nSPS) is 17.9. The Hall–Kier alpha value is -1.30. The number of ether oxygens (including phenoxy) is 1. The molecule has 1 rings (SSSR count). The zero-order valence-electron chi connectivity index (χ0n) is 12.8. The number of carbonyl (C=O) groups is 1. The molecule has 20 heavy (non-hydrogen) atoms. The van der Waals surface area contributed by atoms with E-state index in [9.17, 15) is 4.79 Å². The minimum Gasteiger partial charge on any atom is -0.409 e. The Morgan fingerprint density at radius 2 is 2.05 bits per heavy atom. The van der Waals surface area contributed by atoms with Gasteiger partial charge < -0.3 is 20.6 Å². The first-order valence-corrected chi connectivity index (χ1v) is 7.35. The summed E-state index contributed by atoms with van der Waals surface area (Å²) in [4.78, 5) is 14.8. The number of carbonyl (C=O) groups excluding carboxylic acids is 1. The van der Waals surface area contributed by atoms with Gasteiger partial charge in [0.2, 0.25) is 5.91 Å². The van der Waals surface area contributed by atoms with Gasteiger partial charge in [-0.25, -0.2) is 0 Å². The van der Waals surface area contributed by atoms with Crippen molar-refractivity contribution >= 4 is 11.7 Å². The van der Waals surface area contributed by atoms with E-state index in [1.807, 2.05) is 4.90 Å². The Balaban J connectivity index is 2.96. The van der Waals surface area contributed by atoms with Crippen LogP contribution < -0.4 is 5.73 Å². The van der Waals surface area contributed by atoms with Crippen LogP contribution in [0.3, 0.4) is 0 Å². The highest BCUT2D eigenvalue weighted by Gasteiger charge is 2.50.